The minimum Gasteiger partial charge on any atom is -0.381 e. The van der Waals surface area contributed by atoms with Gasteiger partial charge in [-0.25, -0.2) is 0 Å². The first-order chi connectivity index (χ1) is 11.4. The largest absolute Gasteiger partial charge is 0.381 e. The van der Waals surface area contributed by atoms with Crippen molar-refractivity contribution in [3.8, 4) is 0 Å². The third-order valence-corrected chi connectivity index (χ3v) is 3.74. The second kappa shape index (κ2) is 13.6. The Morgan fingerprint density at radius 1 is 1.20 bits per heavy atom. The van der Waals surface area contributed by atoms with Gasteiger partial charge in [0.25, 0.3) is 0 Å². The number of carbonyl (C=O) groups excluding carboxylic acids is 1. The maximum atomic E-state index is 11.7. The van der Waals surface area contributed by atoms with E-state index >= 15 is 0 Å². The van der Waals surface area contributed by atoms with Crippen LogP contribution in [0.2, 0.25) is 0 Å². The molecule has 0 aromatic rings. The summed E-state index contributed by atoms with van der Waals surface area (Å²) in [6.45, 7) is 10.9. The standard InChI is InChI=1S/C17H34N4O3.HI/c1-17(2,3)15(22)19-8-9-21-16(18-4)20-7-5-10-23-12-14-6-11-24-13-14;/h14H,5-13H2,1-4H3,(H,19,22)(H2,18,20,21);1H. The van der Waals surface area contributed by atoms with Gasteiger partial charge in [0.1, 0.15) is 0 Å². The highest BCUT2D eigenvalue weighted by molar-refractivity contribution is 14.0. The lowest BCUT2D eigenvalue weighted by atomic mass is 9.96. The second-order valence-corrected chi connectivity index (χ2v) is 7.09. The van der Waals surface area contributed by atoms with Crippen LogP contribution in [0.5, 0.6) is 0 Å². The summed E-state index contributed by atoms with van der Waals surface area (Å²) in [6.07, 6.45) is 2.04. The van der Waals surface area contributed by atoms with Crippen LogP contribution in [-0.4, -0.2) is 65.0 Å². The SMILES string of the molecule is CN=C(NCCCOCC1CCOC1)NCCNC(=O)C(C)(C)C.I. The normalized spacial score (nSPS) is 17.8. The summed E-state index contributed by atoms with van der Waals surface area (Å²) in [7, 11) is 1.74. The van der Waals surface area contributed by atoms with Crippen molar-refractivity contribution in [2.45, 2.75) is 33.6 Å². The first-order valence-electron chi connectivity index (χ1n) is 8.82. The molecule has 1 fully saturated rings. The van der Waals surface area contributed by atoms with Gasteiger partial charge < -0.3 is 25.4 Å². The molecule has 0 radical (unpaired) electrons. The molecule has 0 aromatic heterocycles. The van der Waals surface area contributed by atoms with E-state index in [9.17, 15) is 4.79 Å². The molecule has 0 saturated carbocycles. The molecule has 1 unspecified atom stereocenters. The van der Waals surface area contributed by atoms with Crippen molar-refractivity contribution in [1.82, 2.24) is 16.0 Å². The molecule has 0 aromatic carbocycles. The van der Waals surface area contributed by atoms with Gasteiger partial charge in [0.15, 0.2) is 5.96 Å². The van der Waals surface area contributed by atoms with Crippen molar-refractivity contribution in [3.63, 3.8) is 0 Å². The van der Waals surface area contributed by atoms with E-state index in [4.69, 9.17) is 9.47 Å². The molecule has 0 aliphatic carbocycles. The van der Waals surface area contributed by atoms with Gasteiger partial charge in [-0.1, -0.05) is 20.8 Å². The molecule has 1 rings (SSSR count). The zero-order chi connectivity index (χ0) is 17.8. The van der Waals surface area contributed by atoms with E-state index in [1.165, 1.54) is 0 Å². The summed E-state index contributed by atoms with van der Waals surface area (Å²) < 4.78 is 11.0. The topological polar surface area (TPSA) is 84.0 Å². The molecule has 8 heteroatoms. The van der Waals surface area contributed by atoms with E-state index in [1.807, 2.05) is 20.8 Å². The van der Waals surface area contributed by atoms with Crippen molar-refractivity contribution in [1.29, 1.82) is 0 Å². The number of nitrogens with one attached hydrogen (secondary N) is 3. The molecule has 148 valence electrons. The van der Waals surface area contributed by atoms with Gasteiger partial charge in [0.05, 0.1) is 13.2 Å². The van der Waals surface area contributed by atoms with Crippen LogP contribution in [-0.2, 0) is 14.3 Å². The summed E-state index contributed by atoms with van der Waals surface area (Å²) in [5.74, 6) is 1.36. The van der Waals surface area contributed by atoms with E-state index < -0.39 is 0 Å². The molecule has 3 N–H and O–H groups in total. The monoisotopic (exact) mass is 470 g/mol. The molecule has 1 heterocycles. The number of nitrogens with zero attached hydrogens (tertiary/aromatic N) is 1. The molecular formula is C17H35IN4O3. The quantitative estimate of drug-likeness (QED) is 0.205. The fourth-order valence-electron chi connectivity index (χ4n) is 2.19. The van der Waals surface area contributed by atoms with Gasteiger partial charge in [-0.3, -0.25) is 9.79 Å². The number of hydrogen-bond donors (Lipinski definition) is 3. The van der Waals surface area contributed by atoms with Crippen LogP contribution in [0, 0.1) is 11.3 Å². The Morgan fingerprint density at radius 2 is 1.88 bits per heavy atom. The Morgan fingerprint density at radius 3 is 2.48 bits per heavy atom. The fraction of sp³-hybridized carbons (Fsp3) is 0.882. The van der Waals surface area contributed by atoms with Crippen molar-refractivity contribution in [3.05, 3.63) is 0 Å². The van der Waals surface area contributed by atoms with Gasteiger partial charge >= 0.3 is 0 Å². The molecule has 0 bridgehead atoms. The molecule has 1 aliphatic heterocycles. The maximum absolute atomic E-state index is 11.7. The highest BCUT2D eigenvalue weighted by atomic mass is 127. The first kappa shape index (κ1) is 24.4. The average Bonchev–Trinajstić information content (AvgIpc) is 3.04. The Labute approximate surface area is 169 Å². The molecule has 25 heavy (non-hydrogen) atoms. The number of guanidine groups is 1. The predicted octanol–water partition coefficient (Wildman–Crippen LogP) is 1.37. The number of rotatable bonds is 9. The molecule has 1 saturated heterocycles. The van der Waals surface area contributed by atoms with Crippen molar-refractivity contribution in [2.75, 3.05) is 53.1 Å². The van der Waals surface area contributed by atoms with Crippen LogP contribution in [0.3, 0.4) is 0 Å². The molecule has 1 aliphatic rings. The van der Waals surface area contributed by atoms with Gasteiger partial charge in [-0.05, 0) is 12.8 Å². The second-order valence-electron chi connectivity index (χ2n) is 7.09. The number of halogens is 1. The lowest BCUT2D eigenvalue weighted by molar-refractivity contribution is -0.128. The minimum absolute atomic E-state index is 0. The highest BCUT2D eigenvalue weighted by Gasteiger charge is 2.20. The fourth-order valence-corrected chi connectivity index (χ4v) is 2.19. The van der Waals surface area contributed by atoms with Crippen LogP contribution < -0.4 is 16.0 Å². The Balaban J connectivity index is 0.00000576. The Bertz CT molecular complexity index is 394. The highest BCUT2D eigenvalue weighted by Crippen LogP contribution is 2.12. The molecular weight excluding hydrogens is 435 g/mol. The number of ether oxygens (including phenoxy) is 2. The summed E-state index contributed by atoms with van der Waals surface area (Å²) >= 11 is 0. The van der Waals surface area contributed by atoms with E-state index in [0.29, 0.717) is 19.0 Å². The lowest BCUT2D eigenvalue weighted by Crippen LogP contribution is -2.43. The van der Waals surface area contributed by atoms with E-state index in [2.05, 4.69) is 20.9 Å². The van der Waals surface area contributed by atoms with Gasteiger partial charge in [0, 0.05) is 51.2 Å². The zero-order valence-electron chi connectivity index (χ0n) is 16.0. The number of amides is 1. The zero-order valence-corrected chi connectivity index (χ0v) is 18.4. The predicted molar refractivity (Wildman–Crippen MR) is 112 cm³/mol. The number of hydrogen-bond acceptors (Lipinski definition) is 4. The molecule has 0 spiro atoms. The summed E-state index contributed by atoms with van der Waals surface area (Å²) in [5.41, 5.74) is -0.357. The Hall–Kier alpha value is -0.610. The van der Waals surface area contributed by atoms with Crippen molar-refractivity contribution < 1.29 is 14.3 Å². The van der Waals surface area contributed by atoms with Crippen LogP contribution in [0.1, 0.15) is 33.6 Å². The van der Waals surface area contributed by atoms with Gasteiger partial charge in [-0.15, -0.1) is 24.0 Å². The molecule has 7 nitrogen and oxygen atoms in total. The van der Waals surface area contributed by atoms with Crippen molar-refractivity contribution >= 4 is 35.8 Å². The third-order valence-electron chi connectivity index (χ3n) is 3.74. The maximum Gasteiger partial charge on any atom is 0.225 e. The average molecular weight is 470 g/mol. The number of carbonyl (C=O) groups is 1. The van der Waals surface area contributed by atoms with Crippen molar-refractivity contribution in [2.24, 2.45) is 16.3 Å². The first-order valence-corrected chi connectivity index (χ1v) is 8.82. The van der Waals surface area contributed by atoms with Crippen LogP contribution in [0.4, 0.5) is 0 Å². The number of aliphatic imine (C=N–C) groups is 1. The van der Waals surface area contributed by atoms with Crippen LogP contribution in [0.25, 0.3) is 0 Å². The summed E-state index contributed by atoms with van der Waals surface area (Å²) in [5, 5.41) is 9.31. The van der Waals surface area contributed by atoms with E-state index in [-0.39, 0.29) is 35.3 Å². The van der Waals surface area contributed by atoms with Crippen LogP contribution >= 0.6 is 24.0 Å². The summed E-state index contributed by atoms with van der Waals surface area (Å²) in [4.78, 5) is 15.9. The Kier molecular flexibility index (Phi) is 13.2. The van der Waals surface area contributed by atoms with E-state index in [0.717, 1.165) is 51.8 Å². The smallest absolute Gasteiger partial charge is 0.225 e. The third kappa shape index (κ3) is 11.6. The minimum atomic E-state index is -0.357. The lowest BCUT2D eigenvalue weighted by Gasteiger charge is -2.18. The molecule has 1 amide bonds. The van der Waals surface area contributed by atoms with Gasteiger partial charge in [-0.2, -0.15) is 0 Å². The van der Waals surface area contributed by atoms with Gasteiger partial charge in [0.2, 0.25) is 5.91 Å². The van der Waals surface area contributed by atoms with E-state index in [1.54, 1.807) is 7.05 Å². The molecule has 1 atom stereocenters. The summed E-state index contributed by atoms with van der Waals surface area (Å²) in [6, 6.07) is 0. The van der Waals surface area contributed by atoms with Crippen LogP contribution in [0.15, 0.2) is 4.99 Å².